The van der Waals surface area contributed by atoms with Gasteiger partial charge in [-0.05, 0) is 64.5 Å². The molecular formula is C15H26N4O. The monoisotopic (exact) mass is 278 g/mol. The van der Waals surface area contributed by atoms with Gasteiger partial charge >= 0.3 is 0 Å². The van der Waals surface area contributed by atoms with Crippen LogP contribution in [0.2, 0.25) is 0 Å². The fourth-order valence-corrected chi connectivity index (χ4v) is 3.05. The number of rotatable bonds is 5. The number of hydrogen-bond acceptors (Lipinski definition) is 4. The van der Waals surface area contributed by atoms with E-state index >= 15 is 0 Å². The van der Waals surface area contributed by atoms with Crippen LogP contribution in [-0.4, -0.2) is 42.0 Å². The van der Waals surface area contributed by atoms with Crippen molar-refractivity contribution in [2.24, 2.45) is 17.6 Å². The highest BCUT2D eigenvalue weighted by molar-refractivity contribution is 5.79. The smallest absolute Gasteiger partial charge is 0.235 e. The molecule has 2 aliphatic rings. The lowest BCUT2D eigenvalue weighted by atomic mass is 9.91. The van der Waals surface area contributed by atoms with E-state index in [0.29, 0.717) is 18.4 Å². The molecule has 1 heterocycles. The number of nitrogens with one attached hydrogen (secondary N) is 1. The fraction of sp³-hybridized carbons (Fsp3) is 0.867. The SMILES string of the molecule is CC(N)C1CCN(CC(=O)NC(C)(C#N)C2CC2)CC1. The molecule has 1 saturated carbocycles. The van der Waals surface area contributed by atoms with Crippen LogP contribution in [0, 0.1) is 23.2 Å². The number of piperidine rings is 1. The molecule has 2 atom stereocenters. The third-order valence-corrected chi connectivity index (χ3v) is 4.77. The highest BCUT2D eigenvalue weighted by Crippen LogP contribution is 2.39. The second-order valence-electron chi connectivity index (χ2n) is 6.61. The molecule has 20 heavy (non-hydrogen) atoms. The molecule has 2 unspecified atom stereocenters. The van der Waals surface area contributed by atoms with Gasteiger partial charge in [0.05, 0.1) is 12.6 Å². The quantitative estimate of drug-likeness (QED) is 0.781. The van der Waals surface area contributed by atoms with E-state index in [0.717, 1.165) is 38.8 Å². The van der Waals surface area contributed by atoms with Crippen LogP contribution >= 0.6 is 0 Å². The summed E-state index contributed by atoms with van der Waals surface area (Å²) in [6, 6.07) is 2.50. The minimum Gasteiger partial charge on any atom is -0.337 e. The zero-order valence-electron chi connectivity index (χ0n) is 12.6. The van der Waals surface area contributed by atoms with E-state index < -0.39 is 5.54 Å². The Morgan fingerprint density at radius 3 is 2.50 bits per heavy atom. The van der Waals surface area contributed by atoms with Gasteiger partial charge < -0.3 is 11.1 Å². The van der Waals surface area contributed by atoms with E-state index in [2.05, 4.69) is 23.2 Å². The van der Waals surface area contributed by atoms with Gasteiger partial charge in [-0.15, -0.1) is 0 Å². The van der Waals surface area contributed by atoms with Gasteiger partial charge in [0, 0.05) is 6.04 Å². The number of likely N-dealkylation sites (tertiary alicyclic amines) is 1. The number of nitriles is 1. The molecule has 112 valence electrons. The highest BCUT2D eigenvalue weighted by Gasteiger charge is 2.43. The third kappa shape index (κ3) is 3.71. The van der Waals surface area contributed by atoms with Crippen LogP contribution in [0.5, 0.6) is 0 Å². The van der Waals surface area contributed by atoms with E-state index in [1.54, 1.807) is 0 Å². The van der Waals surface area contributed by atoms with Crippen LogP contribution in [-0.2, 0) is 4.79 Å². The van der Waals surface area contributed by atoms with Gasteiger partial charge in [0.15, 0.2) is 0 Å². The first-order chi connectivity index (χ1) is 9.44. The summed E-state index contributed by atoms with van der Waals surface area (Å²) >= 11 is 0. The standard InChI is InChI=1S/C15H26N4O/c1-11(17)12-5-7-19(8-6-12)9-14(20)18-15(2,10-16)13-3-4-13/h11-13H,3-9,17H2,1-2H3,(H,18,20). The molecule has 2 rings (SSSR count). The van der Waals surface area contributed by atoms with Gasteiger partial charge in [-0.25, -0.2) is 0 Å². The summed E-state index contributed by atoms with van der Waals surface area (Å²) in [5.41, 5.74) is 5.24. The lowest BCUT2D eigenvalue weighted by molar-refractivity contribution is -0.124. The van der Waals surface area contributed by atoms with Crippen molar-refractivity contribution in [3.8, 4) is 6.07 Å². The Balaban J connectivity index is 1.77. The Bertz CT molecular complexity index is 391. The van der Waals surface area contributed by atoms with E-state index in [1.807, 2.05) is 6.92 Å². The number of carbonyl (C=O) groups is 1. The number of nitrogens with zero attached hydrogens (tertiary/aromatic N) is 2. The van der Waals surface area contributed by atoms with E-state index in [9.17, 15) is 10.1 Å². The van der Waals surface area contributed by atoms with Crippen LogP contribution in [0.25, 0.3) is 0 Å². The fourth-order valence-electron chi connectivity index (χ4n) is 3.05. The van der Waals surface area contributed by atoms with Crippen molar-refractivity contribution in [1.82, 2.24) is 10.2 Å². The Morgan fingerprint density at radius 2 is 2.05 bits per heavy atom. The van der Waals surface area contributed by atoms with Crippen LogP contribution in [0.4, 0.5) is 0 Å². The molecule has 0 aromatic carbocycles. The van der Waals surface area contributed by atoms with Crippen molar-refractivity contribution in [3.63, 3.8) is 0 Å². The minimum atomic E-state index is -0.679. The molecule has 5 heteroatoms. The highest BCUT2D eigenvalue weighted by atomic mass is 16.2. The van der Waals surface area contributed by atoms with Crippen molar-refractivity contribution in [3.05, 3.63) is 0 Å². The molecule has 1 amide bonds. The zero-order chi connectivity index (χ0) is 14.8. The van der Waals surface area contributed by atoms with Crippen LogP contribution in [0.15, 0.2) is 0 Å². The number of carbonyl (C=O) groups excluding carboxylic acids is 1. The lowest BCUT2D eigenvalue weighted by Crippen LogP contribution is -2.51. The van der Waals surface area contributed by atoms with Gasteiger partial charge in [0.25, 0.3) is 0 Å². The summed E-state index contributed by atoms with van der Waals surface area (Å²) in [6.07, 6.45) is 4.21. The maximum atomic E-state index is 12.1. The normalized spacial score (nSPS) is 25.5. The van der Waals surface area contributed by atoms with E-state index in [1.165, 1.54) is 0 Å². The predicted molar refractivity (Wildman–Crippen MR) is 77.7 cm³/mol. The summed E-state index contributed by atoms with van der Waals surface area (Å²) in [7, 11) is 0. The zero-order valence-corrected chi connectivity index (χ0v) is 12.6. The van der Waals surface area contributed by atoms with Gasteiger partial charge in [-0.1, -0.05) is 0 Å². The Labute approximate surface area is 121 Å². The van der Waals surface area contributed by atoms with E-state index in [-0.39, 0.29) is 11.9 Å². The van der Waals surface area contributed by atoms with Crippen molar-refractivity contribution >= 4 is 5.91 Å². The number of amides is 1. The third-order valence-electron chi connectivity index (χ3n) is 4.77. The molecule has 1 aliphatic carbocycles. The molecule has 1 saturated heterocycles. The molecule has 5 nitrogen and oxygen atoms in total. The maximum Gasteiger partial charge on any atom is 0.235 e. The summed E-state index contributed by atoms with van der Waals surface area (Å²) in [6.45, 7) is 6.14. The van der Waals surface area contributed by atoms with Crippen LogP contribution < -0.4 is 11.1 Å². The first-order valence-corrected chi connectivity index (χ1v) is 7.65. The largest absolute Gasteiger partial charge is 0.337 e. The van der Waals surface area contributed by atoms with Gasteiger partial charge in [-0.3, -0.25) is 9.69 Å². The first kappa shape index (κ1) is 15.3. The molecule has 0 aromatic heterocycles. The second kappa shape index (κ2) is 6.11. The summed E-state index contributed by atoms with van der Waals surface area (Å²) in [5.74, 6) is 0.880. The molecule has 1 aliphatic heterocycles. The second-order valence-corrected chi connectivity index (χ2v) is 6.61. The molecule has 0 bridgehead atoms. The molecule has 0 aromatic rings. The Morgan fingerprint density at radius 1 is 1.45 bits per heavy atom. The van der Waals surface area contributed by atoms with Gasteiger partial charge in [0.1, 0.15) is 5.54 Å². The summed E-state index contributed by atoms with van der Waals surface area (Å²) < 4.78 is 0. The Hall–Kier alpha value is -1.12. The number of hydrogen-bond donors (Lipinski definition) is 2. The molecule has 2 fully saturated rings. The summed E-state index contributed by atoms with van der Waals surface area (Å²) in [5, 5.41) is 12.2. The maximum absolute atomic E-state index is 12.1. The lowest BCUT2D eigenvalue weighted by Gasteiger charge is -2.34. The average molecular weight is 278 g/mol. The van der Waals surface area contributed by atoms with Crippen molar-refractivity contribution in [1.29, 1.82) is 5.26 Å². The van der Waals surface area contributed by atoms with Crippen molar-refractivity contribution in [2.45, 2.75) is 51.1 Å². The van der Waals surface area contributed by atoms with Crippen molar-refractivity contribution < 1.29 is 4.79 Å². The predicted octanol–water partition coefficient (Wildman–Crippen LogP) is 0.854. The molecule has 3 N–H and O–H groups in total. The minimum absolute atomic E-state index is 0.0276. The van der Waals surface area contributed by atoms with Crippen LogP contribution in [0.1, 0.15) is 39.5 Å². The van der Waals surface area contributed by atoms with Gasteiger partial charge in [0.2, 0.25) is 5.91 Å². The molecular weight excluding hydrogens is 252 g/mol. The number of nitrogens with two attached hydrogens (primary N) is 1. The Kier molecular flexibility index (Phi) is 4.66. The first-order valence-electron chi connectivity index (χ1n) is 7.65. The topological polar surface area (TPSA) is 82.2 Å². The molecule has 0 radical (unpaired) electrons. The van der Waals surface area contributed by atoms with Crippen molar-refractivity contribution in [2.75, 3.05) is 19.6 Å². The summed E-state index contributed by atoms with van der Waals surface area (Å²) in [4.78, 5) is 14.3. The van der Waals surface area contributed by atoms with E-state index in [4.69, 9.17) is 5.73 Å². The van der Waals surface area contributed by atoms with Crippen LogP contribution in [0.3, 0.4) is 0 Å². The van der Waals surface area contributed by atoms with Gasteiger partial charge in [-0.2, -0.15) is 5.26 Å². The average Bonchev–Trinajstić information content (AvgIpc) is 3.23. The molecule has 0 spiro atoms.